The van der Waals surface area contributed by atoms with Gasteiger partial charge >= 0.3 is 0 Å². The molecule has 3 aromatic rings. The van der Waals surface area contributed by atoms with E-state index in [4.69, 9.17) is 9.41 Å². The highest BCUT2D eigenvalue weighted by molar-refractivity contribution is 6.21. The lowest BCUT2D eigenvalue weighted by molar-refractivity contribution is 0.395. The molecule has 0 saturated carbocycles. The third-order valence-corrected chi connectivity index (χ3v) is 5.50. The van der Waals surface area contributed by atoms with E-state index in [2.05, 4.69) is 57.7 Å². The van der Waals surface area contributed by atoms with Crippen LogP contribution in [0.2, 0.25) is 0 Å². The van der Waals surface area contributed by atoms with E-state index in [1.54, 1.807) is 12.2 Å². The zero-order chi connectivity index (χ0) is 20.5. The van der Waals surface area contributed by atoms with Crippen LogP contribution in [0, 0.1) is 13.8 Å². The molecule has 1 unspecified atom stereocenters. The summed E-state index contributed by atoms with van der Waals surface area (Å²) in [5.74, 6) is 0. The first-order valence-electron chi connectivity index (χ1n) is 10.2. The second-order valence-corrected chi connectivity index (χ2v) is 7.70. The molecule has 0 spiro atoms. The number of hydrogen-bond donors (Lipinski definition) is 0. The van der Waals surface area contributed by atoms with Gasteiger partial charge in [-0.2, -0.15) is 0 Å². The fraction of sp³-hybridized carbons (Fsp3) is 0.269. The number of nitrogens with zero attached hydrogens (tertiary/aromatic N) is 1. The summed E-state index contributed by atoms with van der Waals surface area (Å²) in [6.07, 6.45) is 6.46. The summed E-state index contributed by atoms with van der Waals surface area (Å²) >= 11 is 0. The van der Waals surface area contributed by atoms with Crippen molar-refractivity contribution in [2.45, 2.75) is 46.2 Å². The van der Waals surface area contributed by atoms with Crippen molar-refractivity contribution in [3.05, 3.63) is 83.1 Å². The molecule has 2 nitrogen and oxygen atoms in total. The maximum absolute atomic E-state index is 13.8. The van der Waals surface area contributed by atoms with E-state index in [0.29, 0.717) is 12.8 Å². The molecule has 0 bridgehead atoms. The average Bonchev–Trinajstić information content (AvgIpc) is 3.28. The Labute approximate surface area is 171 Å². The van der Waals surface area contributed by atoms with E-state index in [9.17, 15) is 4.39 Å². The summed E-state index contributed by atoms with van der Waals surface area (Å²) in [5.41, 5.74) is 7.65. The van der Waals surface area contributed by atoms with Gasteiger partial charge < -0.3 is 4.42 Å². The van der Waals surface area contributed by atoms with Crippen LogP contribution in [0.1, 0.15) is 42.9 Å². The highest BCUT2D eigenvalue weighted by atomic mass is 19.1. The maximum atomic E-state index is 13.8. The monoisotopic (exact) mass is 387 g/mol. The zero-order valence-electron chi connectivity index (χ0n) is 17.3. The zero-order valence-corrected chi connectivity index (χ0v) is 17.3. The van der Waals surface area contributed by atoms with Crippen LogP contribution in [0.4, 0.5) is 4.39 Å². The summed E-state index contributed by atoms with van der Waals surface area (Å²) in [6, 6.07) is 10.5. The molecule has 0 N–H and O–H groups in total. The van der Waals surface area contributed by atoms with Gasteiger partial charge in [0.2, 0.25) is 0 Å². The molecule has 0 amide bonds. The fourth-order valence-electron chi connectivity index (χ4n) is 4.07. The normalized spacial score (nSPS) is 17.9. The van der Waals surface area contributed by atoms with Gasteiger partial charge in [0, 0.05) is 22.0 Å². The maximum Gasteiger partial charge on any atom is 0.144 e. The number of benzene rings is 2. The number of aryl methyl sites for hydroxylation is 2. The van der Waals surface area contributed by atoms with Crippen LogP contribution in [-0.2, 0) is 0 Å². The second kappa shape index (κ2) is 7.82. The summed E-state index contributed by atoms with van der Waals surface area (Å²) < 4.78 is 20.1. The molecule has 148 valence electrons. The van der Waals surface area contributed by atoms with Gasteiger partial charge in [0.1, 0.15) is 17.3 Å². The molecule has 3 heteroatoms. The van der Waals surface area contributed by atoms with Gasteiger partial charge in [0.25, 0.3) is 0 Å². The van der Waals surface area contributed by atoms with Gasteiger partial charge in [-0.05, 0) is 68.0 Å². The van der Waals surface area contributed by atoms with Crippen LogP contribution in [0.5, 0.6) is 0 Å². The number of aliphatic imine (C=N–C) groups is 1. The molecule has 1 aromatic heterocycles. The summed E-state index contributed by atoms with van der Waals surface area (Å²) in [5, 5.41) is 2.20. The second-order valence-electron chi connectivity index (χ2n) is 7.70. The molecule has 4 rings (SSSR count). The van der Waals surface area contributed by atoms with Gasteiger partial charge in [0.05, 0.1) is 5.71 Å². The van der Waals surface area contributed by atoms with Crippen molar-refractivity contribution in [3.8, 4) is 0 Å². The van der Waals surface area contributed by atoms with E-state index >= 15 is 0 Å². The Morgan fingerprint density at radius 3 is 2.76 bits per heavy atom. The highest BCUT2D eigenvalue weighted by Gasteiger charge is 2.21. The van der Waals surface area contributed by atoms with Crippen LogP contribution in [0.15, 0.2) is 75.8 Å². The summed E-state index contributed by atoms with van der Waals surface area (Å²) in [4.78, 5) is 4.93. The van der Waals surface area contributed by atoms with E-state index in [0.717, 1.165) is 62.0 Å². The molecule has 0 saturated heterocycles. The first-order valence-corrected chi connectivity index (χ1v) is 10.2. The van der Waals surface area contributed by atoms with Crippen molar-refractivity contribution < 1.29 is 8.81 Å². The van der Waals surface area contributed by atoms with E-state index in [-0.39, 0.29) is 0 Å². The van der Waals surface area contributed by atoms with Gasteiger partial charge in [0.15, 0.2) is 0 Å². The standard InChI is InChI=1S/C26H26FNO/c1-5-8-18(6-2)24(28-20-12-11-19(27)15-20)23-14-16(3)13-22-21-10-7-9-17(4)25(21)29-26(22)23/h5,7-10,13-15,19H,1,6,11-12H2,2-4H3/b18-8+,28-24?. The minimum Gasteiger partial charge on any atom is -0.455 e. The lowest BCUT2D eigenvalue weighted by Crippen LogP contribution is -2.06. The van der Waals surface area contributed by atoms with E-state index in [1.165, 1.54) is 0 Å². The number of alkyl halides is 1. The first-order chi connectivity index (χ1) is 14.0. The predicted octanol–water partition coefficient (Wildman–Crippen LogP) is 7.53. The fourth-order valence-corrected chi connectivity index (χ4v) is 4.07. The van der Waals surface area contributed by atoms with Crippen LogP contribution in [0.3, 0.4) is 0 Å². The molecule has 1 heterocycles. The third-order valence-electron chi connectivity index (χ3n) is 5.50. The van der Waals surface area contributed by atoms with Crippen LogP contribution < -0.4 is 0 Å². The number of hydrogen-bond acceptors (Lipinski definition) is 2. The summed E-state index contributed by atoms with van der Waals surface area (Å²) in [7, 11) is 0. The third kappa shape index (κ3) is 3.57. The summed E-state index contributed by atoms with van der Waals surface area (Å²) in [6.45, 7) is 10.1. The van der Waals surface area contributed by atoms with Crippen molar-refractivity contribution in [2.24, 2.45) is 4.99 Å². The Hall–Kier alpha value is -2.94. The van der Waals surface area contributed by atoms with E-state index < -0.39 is 6.17 Å². The Morgan fingerprint density at radius 2 is 2.07 bits per heavy atom. The molecule has 2 aromatic carbocycles. The number of allylic oxidation sites excluding steroid dienone is 5. The van der Waals surface area contributed by atoms with Crippen molar-refractivity contribution in [2.75, 3.05) is 0 Å². The molecule has 0 fully saturated rings. The number of furan rings is 1. The average molecular weight is 387 g/mol. The van der Waals surface area contributed by atoms with Crippen molar-refractivity contribution in [1.82, 2.24) is 0 Å². The topological polar surface area (TPSA) is 25.5 Å². The Bertz CT molecular complexity index is 1190. The molecule has 1 aliphatic carbocycles. The molecule has 29 heavy (non-hydrogen) atoms. The minimum atomic E-state index is -0.908. The molecule has 1 atom stereocenters. The van der Waals surface area contributed by atoms with Crippen molar-refractivity contribution in [1.29, 1.82) is 0 Å². The number of rotatable bonds is 5. The minimum absolute atomic E-state index is 0.506. The quantitative estimate of drug-likeness (QED) is 0.328. The Morgan fingerprint density at radius 1 is 1.24 bits per heavy atom. The number of fused-ring (bicyclic) bond motifs is 3. The molecule has 0 radical (unpaired) electrons. The smallest absolute Gasteiger partial charge is 0.144 e. The first kappa shape index (κ1) is 19.4. The molecular weight excluding hydrogens is 361 g/mol. The van der Waals surface area contributed by atoms with Gasteiger partial charge in [-0.25, -0.2) is 4.39 Å². The number of para-hydroxylation sites is 1. The lowest BCUT2D eigenvalue weighted by atomic mass is 9.95. The van der Waals surface area contributed by atoms with E-state index in [1.807, 2.05) is 6.08 Å². The van der Waals surface area contributed by atoms with Crippen LogP contribution in [-0.4, -0.2) is 11.9 Å². The van der Waals surface area contributed by atoms with Crippen LogP contribution >= 0.6 is 0 Å². The largest absolute Gasteiger partial charge is 0.455 e. The van der Waals surface area contributed by atoms with Gasteiger partial charge in [-0.15, -0.1) is 0 Å². The van der Waals surface area contributed by atoms with Gasteiger partial charge in [-0.1, -0.05) is 43.9 Å². The van der Waals surface area contributed by atoms with Crippen molar-refractivity contribution in [3.63, 3.8) is 0 Å². The predicted molar refractivity (Wildman–Crippen MR) is 121 cm³/mol. The Balaban J connectivity index is 2.04. The van der Waals surface area contributed by atoms with Crippen molar-refractivity contribution >= 4 is 27.7 Å². The molecule has 1 aliphatic rings. The Kier molecular flexibility index (Phi) is 5.23. The highest BCUT2D eigenvalue weighted by Crippen LogP contribution is 2.35. The van der Waals surface area contributed by atoms with Crippen LogP contribution in [0.25, 0.3) is 21.9 Å². The number of halogens is 1. The van der Waals surface area contributed by atoms with Gasteiger partial charge in [-0.3, -0.25) is 4.99 Å². The SMILES string of the molecule is C=C/C=C(\CC)C(=NC1=CC(F)CC1)c1cc(C)cc2c1oc1c(C)cccc12. The lowest BCUT2D eigenvalue weighted by Gasteiger charge is -2.12. The molecule has 0 aliphatic heterocycles. The molecular formula is C26H26FNO.